The molecule has 0 saturated carbocycles. The second-order valence-corrected chi connectivity index (χ2v) is 10.6. The van der Waals surface area contributed by atoms with E-state index >= 15 is 0 Å². The Labute approximate surface area is 371 Å². The Balaban J connectivity index is 0. The van der Waals surface area contributed by atoms with Crippen LogP contribution in [0.4, 0.5) is 11.4 Å². The molecule has 0 radical (unpaired) electrons. The number of carboxylic acids is 2. The fraction of sp³-hybridized carbons (Fsp3) is 0.256. The Bertz CT molecular complexity index is 1700. The van der Waals surface area contributed by atoms with Crippen LogP contribution in [-0.2, 0) is 41.8 Å². The third kappa shape index (κ3) is 21.8. The summed E-state index contributed by atoms with van der Waals surface area (Å²) < 4.78 is 20.9. The Hall–Kier alpha value is -4.13. The zero-order chi connectivity index (χ0) is 40.3. The van der Waals surface area contributed by atoms with Gasteiger partial charge in [0.05, 0.1) is 35.9 Å². The van der Waals surface area contributed by atoms with Gasteiger partial charge in [-0.2, -0.15) is 0 Å². The first-order chi connectivity index (χ1) is 26.0. The molecule has 0 bridgehead atoms. The SMILES string of the molecule is CN(C=NCC(=O)[O-])c1ccc(C(=O)OCc2ccccc2)cc1.CO.COC(OC)N(C)c1ccc(C(=O)OCc2ccccc2)cc1.NCC(=O)[O-].[Na+].[Na+]. The number of hydrogen-bond acceptors (Lipinski definition) is 14. The number of carbonyl (C=O) groups is 4. The summed E-state index contributed by atoms with van der Waals surface area (Å²) >= 11 is 0. The Morgan fingerprint density at radius 1 is 0.679 bits per heavy atom. The van der Waals surface area contributed by atoms with Gasteiger partial charge in [-0.25, -0.2) is 9.59 Å². The predicted octanol–water partition coefficient (Wildman–Crippen LogP) is -4.37. The Morgan fingerprint density at radius 3 is 1.39 bits per heavy atom. The maximum absolute atomic E-state index is 12.1. The van der Waals surface area contributed by atoms with Gasteiger partial charge in [-0.05, 0) is 59.7 Å². The number of aliphatic imine (C=N–C) groups is 1. The second-order valence-electron chi connectivity index (χ2n) is 10.6. The van der Waals surface area contributed by atoms with Gasteiger partial charge in [-0.3, -0.25) is 4.99 Å². The van der Waals surface area contributed by atoms with Crippen LogP contribution in [-0.4, -0.2) is 90.3 Å². The predicted molar refractivity (Wildman–Crippen MR) is 199 cm³/mol. The molecule has 0 aromatic heterocycles. The fourth-order valence-electron chi connectivity index (χ4n) is 4.12. The molecular formula is C39H46N4Na2O11. The molecular weight excluding hydrogens is 746 g/mol. The largest absolute Gasteiger partial charge is 1.00 e. The van der Waals surface area contributed by atoms with Crippen LogP contribution < -0.4 is 84.9 Å². The summed E-state index contributed by atoms with van der Waals surface area (Å²) in [4.78, 5) is 50.7. The standard InChI is InChI=1S/C18H18N2O4.C18H21NO4.C2H5NO2.CH4O.2Na/c1-20(13-19-11-17(21)22)16-9-7-15(8-10-16)18(23)24-12-14-5-3-2-4-6-14;1-19(18(21-2)22-3)16-11-9-15(10-12-16)17(20)23-13-14-7-5-4-6-8-14;3-1-2(4)5;1-2;;/h2-10,13H,11-12H2,1H3,(H,21,22);4-12,18H,13H2,1-3H3;1,3H2,(H,4,5);2H,1H3;;/q;;;;2*+1/p-2. The van der Waals surface area contributed by atoms with Gasteiger partial charge in [0, 0.05) is 53.3 Å². The molecule has 15 nitrogen and oxygen atoms in total. The fourth-order valence-corrected chi connectivity index (χ4v) is 4.12. The molecule has 4 rings (SSSR count). The number of rotatable bonds is 15. The summed E-state index contributed by atoms with van der Waals surface area (Å²) in [6.45, 7) is -0.303. The summed E-state index contributed by atoms with van der Waals surface area (Å²) in [6, 6.07) is 32.9. The van der Waals surface area contributed by atoms with Crippen LogP contribution in [0.25, 0.3) is 0 Å². The number of anilines is 2. The van der Waals surface area contributed by atoms with Crippen molar-refractivity contribution in [3.05, 3.63) is 131 Å². The van der Waals surface area contributed by atoms with Crippen molar-refractivity contribution in [3.63, 3.8) is 0 Å². The van der Waals surface area contributed by atoms with Gasteiger partial charge in [0.2, 0.25) is 6.41 Å². The van der Waals surface area contributed by atoms with Gasteiger partial charge in [-0.1, -0.05) is 60.7 Å². The van der Waals surface area contributed by atoms with Crippen LogP contribution in [0.15, 0.2) is 114 Å². The van der Waals surface area contributed by atoms with Gasteiger partial charge < -0.3 is 59.4 Å². The quantitative estimate of drug-likeness (QED) is 0.0383. The average Bonchev–Trinajstić information content (AvgIpc) is 3.21. The van der Waals surface area contributed by atoms with Crippen molar-refractivity contribution < 1.29 is 113 Å². The summed E-state index contributed by atoms with van der Waals surface area (Å²) in [6.07, 6.45) is 0.907. The van der Waals surface area contributed by atoms with E-state index in [4.69, 9.17) is 34.0 Å². The van der Waals surface area contributed by atoms with Gasteiger partial charge in [0.25, 0.3) is 0 Å². The number of carbonyl (C=O) groups excluding carboxylic acids is 4. The third-order valence-electron chi connectivity index (χ3n) is 6.81. The normalized spacial score (nSPS) is 9.64. The molecule has 4 aromatic carbocycles. The topological polar surface area (TPSA) is 216 Å². The molecule has 4 aromatic rings. The molecule has 56 heavy (non-hydrogen) atoms. The van der Waals surface area contributed by atoms with Crippen LogP contribution in [0.1, 0.15) is 31.8 Å². The maximum Gasteiger partial charge on any atom is 1.00 e. The molecule has 3 N–H and O–H groups in total. The summed E-state index contributed by atoms with van der Waals surface area (Å²) in [7, 11) is 7.71. The number of methoxy groups -OCH3 is 2. The van der Waals surface area contributed by atoms with E-state index in [2.05, 4.69) is 10.7 Å². The first kappa shape index (κ1) is 54.0. The summed E-state index contributed by atoms with van der Waals surface area (Å²) in [5.41, 5.74) is 8.97. The molecule has 0 amide bonds. The first-order valence-corrected chi connectivity index (χ1v) is 16.2. The van der Waals surface area contributed by atoms with Crippen molar-refractivity contribution >= 4 is 41.6 Å². The number of nitrogens with zero attached hydrogens (tertiary/aromatic N) is 3. The van der Waals surface area contributed by atoms with Crippen molar-refractivity contribution in [3.8, 4) is 0 Å². The van der Waals surface area contributed by atoms with E-state index in [0.717, 1.165) is 29.6 Å². The van der Waals surface area contributed by atoms with Crippen molar-refractivity contribution in [1.29, 1.82) is 0 Å². The van der Waals surface area contributed by atoms with Gasteiger partial charge in [0.15, 0.2) is 0 Å². The minimum Gasteiger partial charge on any atom is -0.549 e. The smallest absolute Gasteiger partial charge is 0.549 e. The number of carboxylic acid groups (broad SMARTS) is 2. The van der Waals surface area contributed by atoms with E-state index in [-0.39, 0.29) is 84.8 Å². The van der Waals surface area contributed by atoms with Crippen LogP contribution in [0.3, 0.4) is 0 Å². The molecule has 0 aliphatic rings. The van der Waals surface area contributed by atoms with E-state index in [1.807, 2.05) is 84.7 Å². The van der Waals surface area contributed by atoms with E-state index in [0.29, 0.717) is 11.1 Å². The molecule has 0 spiro atoms. The van der Waals surface area contributed by atoms with Gasteiger partial charge in [-0.15, -0.1) is 0 Å². The van der Waals surface area contributed by atoms with Crippen LogP contribution in [0.5, 0.6) is 0 Å². The number of aliphatic carboxylic acids is 2. The molecule has 0 heterocycles. The minimum absolute atomic E-state index is 0. The third-order valence-corrected chi connectivity index (χ3v) is 6.81. The summed E-state index contributed by atoms with van der Waals surface area (Å²) in [5, 5.41) is 26.4. The summed E-state index contributed by atoms with van der Waals surface area (Å²) in [5.74, 6) is -3.21. The molecule has 0 aliphatic heterocycles. The molecule has 0 fully saturated rings. The first-order valence-electron chi connectivity index (χ1n) is 16.2. The van der Waals surface area contributed by atoms with Crippen molar-refractivity contribution in [2.45, 2.75) is 19.6 Å². The zero-order valence-electron chi connectivity index (χ0n) is 32.8. The Morgan fingerprint density at radius 2 is 1.05 bits per heavy atom. The number of aliphatic hydroxyl groups excluding tert-OH is 1. The number of ether oxygens (including phenoxy) is 4. The van der Waals surface area contributed by atoms with E-state index < -0.39 is 30.9 Å². The second kappa shape index (κ2) is 32.0. The average molecular weight is 793 g/mol. The Kier molecular flexibility index (Phi) is 30.8. The molecule has 0 atom stereocenters. The molecule has 0 saturated heterocycles. The van der Waals surface area contributed by atoms with E-state index in [9.17, 15) is 19.5 Å². The van der Waals surface area contributed by atoms with Crippen LogP contribution in [0, 0.1) is 0 Å². The number of aliphatic hydroxyl groups is 1. The van der Waals surface area contributed by atoms with Crippen molar-refractivity contribution in [2.24, 2.45) is 10.7 Å². The number of benzene rings is 4. The van der Waals surface area contributed by atoms with Crippen LogP contribution in [0.2, 0.25) is 0 Å². The monoisotopic (exact) mass is 792 g/mol. The van der Waals surface area contributed by atoms with Gasteiger partial charge in [0.1, 0.15) is 13.2 Å². The van der Waals surface area contributed by atoms with E-state index in [1.54, 1.807) is 62.6 Å². The minimum atomic E-state index is -1.24. The molecule has 17 heteroatoms. The molecule has 290 valence electrons. The van der Waals surface area contributed by atoms with Crippen molar-refractivity contribution in [1.82, 2.24) is 0 Å². The van der Waals surface area contributed by atoms with Crippen molar-refractivity contribution in [2.75, 3.05) is 58.3 Å². The zero-order valence-corrected chi connectivity index (χ0v) is 36.8. The molecule has 0 unspecified atom stereocenters. The van der Waals surface area contributed by atoms with Gasteiger partial charge >= 0.3 is 71.1 Å². The number of esters is 2. The molecule has 0 aliphatic carbocycles. The maximum atomic E-state index is 12.1. The number of hydrogen-bond donors (Lipinski definition) is 2. The van der Waals surface area contributed by atoms with E-state index in [1.165, 1.54) is 6.34 Å². The van der Waals surface area contributed by atoms with Crippen LogP contribution >= 0.6 is 0 Å². The number of nitrogens with two attached hydrogens (primary N) is 1.